The Balaban J connectivity index is 2.10. The number of rotatable bonds is 2. The third-order valence-electron chi connectivity index (χ3n) is 2.96. The van der Waals surface area contributed by atoms with Gasteiger partial charge in [0.25, 0.3) is 0 Å². The Morgan fingerprint density at radius 3 is 2.37 bits per heavy atom. The summed E-state index contributed by atoms with van der Waals surface area (Å²) in [7, 11) is 0. The Bertz CT molecular complexity index is 713. The first kappa shape index (κ1) is 13.3. The lowest BCUT2D eigenvalue weighted by Crippen LogP contribution is -1.92. The number of fused-ring (bicyclic) bond motifs is 1. The number of halogens is 3. The van der Waals surface area contributed by atoms with Crippen LogP contribution in [0.1, 0.15) is 16.5 Å². The number of thiophene rings is 1. The van der Waals surface area contributed by atoms with Crippen LogP contribution in [0.2, 0.25) is 10.0 Å². The van der Waals surface area contributed by atoms with Crippen molar-refractivity contribution in [3.63, 3.8) is 0 Å². The van der Waals surface area contributed by atoms with Gasteiger partial charge in [0.2, 0.25) is 0 Å². The molecule has 0 saturated heterocycles. The Labute approximate surface area is 130 Å². The topological polar surface area (TPSA) is 0 Å². The number of alkyl halides is 1. The first-order valence-corrected chi connectivity index (χ1v) is 7.78. The number of hydrogen-bond donors (Lipinski definition) is 0. The molecule has 0 bridgehead atoms. The SMILES string of the molecule is Clc1cc(Cl)cc(C(Cl)c2csc3ccccc23)c1. The smallest absolute Gasteiger partial charge is 0.0850 e. The lowest BCUT2D eigenvalue weighted by Gasteiger charge is -2.10. The molecule has 0 aliphatic rings. The second-order valence-electron chi connectivity index (χ2n) is 4.25. The van der Waals surface area contributed by atoms with E-state index in [2.05, 4.69) is 17.5 Å². The van der Waals surface area contributed by atoms with Crippen LogP contribution in [-0.4, -0.2) is 0 Å². The summed E-state index contributed by atoms with van der Waals surface area (Å²) in [6, 6.07) is 13.7. The second-order valence-corrected chi connectivity index (χ2v) is 6.47. The van der Waals surface area contributed by atoms with Gasteiger partial charge < -0.3 is 0 Å². The first-order chi connectivity index (χ1) is 9.15. The van der Waals surface area contributed by atoms with Gasteiger partial charge in [-0.1, -0.05) is 41.4 Å². The summed E-state index contributed by atoms with van der Waals surface area (Å²) < 4.78 is 1.23. The van der Waals surface area contributed by atoms with Crippen molar-refractivity contribution in [3.8, 4) is 0 Å². The summed E-state index contributed by atoms with van der Waals surface area (Å²) in [5, 5.41) is 4.24. The highest BCUT2D eigenvalue weighted by Crippen LogP contribution is 2.38. The molecule has 1 aromatic heterocycles. The van der Waals surface area contributed by atoms with Crippen LogP contribution in [0.5, 0.6) is 0 Å². The summed E-state index contributed by atoms with van der Waals surface area (Å²) >= 11 is 20.3. The fourth-order valence-electron chi connectivity index (χ4n) is 2.10. The van der Waals surface area contributed by atoms with E-state index in [1.54, 1.807) is 17.4 Å². The standard InChI is InChI=1S/C15H9Cl3S/c16-10-5-9(6-11(17)7-10)15(18)13-8-19-14-4-2-1-3-12(13)14/h1-8,15H. The van der Waals surface area contributed by atoms with Gasteiger partial charge in [0, 0.05) is 14.7 Å². The van der Waals surface area contributed by atoms with E-state index in [4.69, 9.17) is 34.8 Å². The monoisotopic (exact) mass is 326 g/mol. The van der Waals surface area contributed by atoms with Crippen molar-refractivity contribution in [2.75, 3.05) is 0 Å². The summed E-state index contributed by atoms with van der Waals surface area (Å²) in [4.78, 5) is 0. The summed E-state index contributed by atoms with van der Waals surface area (Å²) in [6.07, 6.45) is 0. The Hall–Kier alpha value is -0.730. The van der Waals surface area contributed by atoms with Crippen molar-refractivity contribution in [2.24, 2.45) is 0 Å². The second kappa shape index (κ2) is 5.34. The highest BCUT2D eigenvalue weighted by atomic mass is 35.5. The molecule has 3 aromatic rings. The van der Waals surface area contributed by atoms with E-state index in [0.717, 1.165) is 11.1 Å². The van der Waals surface area contributed by atoms with Crippen molar-refractivity contribution in [1.29, 1.82) is 0 Å². The predicted molar refractivity (Wildman–Crippen MR) is 86.0 cm³/mol. The van der Waals surface area contributed by atoms with Crippen molar-refractivity contribution >= 4 is 56.2 Å². The van der Waals surface area contributed by atoms with E-state index in [9.17, 15) is 0 Å². The minimum absolute atomic E-state index is 0.243. The van der Waals surface area contributed by atoms with E-state index < -0.39 is 0 Å². The van der Waals surface area contributed by atoms with Crippen LogP contribution in [-0.2, 0) is 0 Å². The third kappa shape index (κ3) is 2.61. The molecule has 96 valence electrons. The van der Waals surface area contributed by atoms with Gasteiger partial charge in [-0.2, -0.15) is 0 Å². The minimum atomic E-state index is -0.243. The Morgan fingerprint density at radius 2 is 1.63 bits per heavy atom. The molecule has 19 heavy (non-hydrogen) atoms. The van der Waals surface area contributed by atoms with Gasteiger partial charge in [-0.05, 0) is 46.2 Å². The molecule has 3 rings (SSSR count). The van der Waals surface area contributed by atoms with Crippen molar-refractivity contribution in [1.82, 2.24) is 0 Å². The van der Waals surface area contributed by atoms with E-state index in [1.165, 1.54) is 10.1 Å². The van der Waals surface area contributed by atoms with Gasteiger partial charge in [0.1, 0.15) is 0 Å². The first-order valence-electron chi connectivity index (χ1n) is 5.71. The fraction of sp³-hybridized carbons (Fsp3) is 0.0667. The zero-order valence-corrected chi connectivity index (χ0v) is 12.8. The molecule has 1 heterocycles. The molecule has 1 unspecified atom stereocenters. The van der Waals surface area contributed by atoms with Gasteiger partial charge in [0.15, 0.2) is 0 Å². The molecule has 2 aromatic carbocycles. The lowest BCUT2D eigenvalue weighted by atomic mass is 10.0. The minimum Gasteiger partial charge on any atom is -0.143 e. The van der Waals surface area contributed by atoms with E-state index in [0.29, 0.717) is 10.0 Å². The molecule has 0 radical (unpaired) electrons. The highest BCUT2D eigenvalue weighted by molar-refractivity contribution is 7.17. The van der Waals surface area contributed by atoms with Gasteiger partial charge >= 0.3 is 0 Å². The van der Waals surface area contributed by atoms with Crippen LogP contribution >= 0.6 is 46.1 Å². The van der Waals surface area contributed by atoms with Crippen LogP contribution in [0.15, 0.2) is 47.8 Å². The normalized spacial score (nSPS) is 12.8. The van der Waals surface area contributed by atoms with Crippen LogP contribution in [0.25, 0.3) is 10.1 Å². The molecule has 1 atom stereocenters. The van der Waals surface area contributed by atoms with Crippen molar-refractivity contribution < 1.29 is 0 Å². The quantitative estimate of drug-likeness (QED) is 0.469. The van der Waals surface area contributed by atoms with Crippen LogP contribution in [0.3, 0.4) is 0 Å². The molecule has 4 heteroatoms. The fourth-order valence-corrected chi connectivity index (χ4v) is 4.01. The van der Waals surface area contributed by atoms with E-state index >= 15 is 0 Å². The summed E-state index contributed by atoms with van der Waals surface area (Å²) in [6.45, 7) is 0. The molecule has 0 nitrogen and oxygen atoms in total. The van der Waals surface area contributed by atoms with Crippen molar-refractivity contribution in [3.05, 3.63) is 69.0 Å². The summed E-state index contributed by atoms with van der Waals surface area (Å²) in [5.74, 6) is 0. The van der Waals surface area contributed by atoms with Gasteiger partial charge in [-0.3, -0.25) is 0 Å². The maximum absolute atomic E-state index is 6.59. The zero-order valence-electron chi connectivity index (χ0n) is 9.74. The average molecular weight is 328 g/mol. The van der Waals surface area contributed by atoms with Crippen LogP contribution in [0, 0.1) is 0 Å². The lowest BCUT2D eigenvalue weighted by molar-refractivity contribution is 1.17. The molecule has 0 N–H and O–H groups in total. The van der Waals surface area contributed by atoms with E-state index in [1.807, 2.05) is 24.3 Å². The maximum atomic E-state index is 6.59. The zero-order chi connectivity index (χ0) is 13.4. The molecular formula is C15H9Cl3S. The third-order valence-corrected chi connectivity index (χ3v) is 4.87. The molecule has 0 aliphatic heterocycles. The number of benzene rings is 2. The molecule has 0 aliphatic carbocycles. The van der Waals surface area contributed by atoms with E-state index in [-0.39, 0.29) is 5.38 Å². The van der Waals surface area contributed by atoms with Crippen LogP contribution < -0.4 is 0 Å². The summed E-state index contributed by atoms with van der Waals surface area (Å²) in [5.41, 5.74) is 2.02. The van der Waals surface area contributed by atoms with Crippen LogP contribution in [0.4, 0.5) is 0 Å². The average Bonchev–Trinajstić information content (AvgIpc) is 2.80. The Morgan fingerprint density at radius 1 is 0.947 bits per heavy atom. The molecular weight excluding hydrogens is 319 g/mol. The van der Waals surface area contributed by atoms with Gasteiger partial charge in [0.05, 0.1) is 5.38 Å². The highest BCUT2D eigenvalue weighted by Gasteiger charge is 2.16. The van der Waals surface area contributed by atoms with Crippen molar-refractivity contribution in [2.45, 2.75) is 5.38 Å². The molecule has 0 spiro atoms. The predicted octanol–water partition coefficient (Wildman–Crippen LogP) is 6.54. The van der Waals surface area contributed by atoms with Gasteiger partial charge in [-0.25, -0.2) is 0 Å². The maximum Gasteiger partial charge on any atom is 0.0850 e. The number of hydrogen-bond acceptors (Lipinski definition) is 1. The van der Waals surface area contributed by atoms with Gasteiger partial charge in [-0.15, -0.1) is 22.9 Å². The Kier molecular flexibility index (Phi) is 3.72. The molecule has 0 saturated carbocycles. The largest absolute Gasteiger partial charge is 0.143 e. The molecule has 0 fully saturated rings. The molecule has 0 amide bonds.